The van der Waals surface area contributed by atoms with Crippen LogP contribution >= 0.6 is 0 Å². The SMILES string of the molecule is CC(C)(NC(=O)OCc1ccccc1)C(=O)N[C@@H](Cc1ccccc1)C(=O)O. The van der Waals surface area contributed by atoms with E-state index in [9.17, 15) is 19.5 Å². The van der Waals surface area contributed by atoms with E-state index in [1.54, 1.807) is 24.3 Å². The van der Waals surface area contributed by atoms with E-state index in [2.05, 4.69) is 10.6 Å². The van der Waals surface area contributed by atoms with Crippen LogP contribution in [0.4, 0.5) is 4.79 Å². The number of carboxylic acid groups (broad SMARTS) is 1. The normalized spacial score (nSPS) is 11.9. The Balaban J connectivity index is 1.92. The van der Waals surface area contributed by atoms with Gasteiger partial charge in [-0.15, -0.1) is 0 Å². The number of rotatable bonds is 8. The fraction of sp³-hybridized carbons (Fsp3) is 0.286. The average Bonchev–Trinajstić information content (AvgIpc) is 2.67. The van der Waals surface area contributed by atoms with Crippen molar-refractivity contribution >= 4 is 18.0 Å². The molecule has 7 heteroatoms. The Morgan fingerprint density at radius 2 is 1.50 bits per heavy atom. The molecule has 148 valence electrons. The smallest absolute Gasteiger partial charge is 0.408 e. The first-order valence-electron chi connectivity index (χ1n) is 8.84. The molecule has 7 nitrogen and oxygen atoms in total. The maximum atomic E-state index is 12.5. The highest BCUT2D eigenvalue weighted by atomic mass is 16.5. The number of alkyl carbamates (subject to hydrolysis) is 1. The van der Waals surface area contributed by atoms with E-state index < -0.39 is 29.6 Å². The number of ether oxygens (including phenoxy) is 1. The van der Waals surface area contributed by atoms with E-state index in [-0.39, 0.29) is 13.0 Å². The van der Waals surface area contributed by atoms with Crippen LogP contribution in [0.25, 0.3) is 0 Å². The quantitative estimate of drug-likeness (QED) is 0.649. The summed E-state index contributed by atoms with van der Waals surface area (Å²) in [5, 5.41) is 14.4. The number of nitrogens with one attached hydrogen (secondary N) is 2. The molecule has 0 spiro atoms. The van der Waals surface area contributed by atoms with Gasteiger partial charge in [0.15, 0.2) is 0 Å². The molecule has 2 aromatic carbocycles. The van der Waals surface area contributed by atoms with Gasteiger partial charge in [-0.3, -0.25) is 4.79 Å². The Labute approximate surface area is 163 Å². The monoisotopic (exact) mass is 384 g/mol. The zero-order chi connectivity index (χ0) is 20.6. The molecular formula is C21H24N2O5. The van der Waals surface area contributed by atoms with Gasteiger partial charge in [0.05, 0.1) is 0 Å². The number of benzene rings is 2. The minimum Gasteiger partial charge on any atom is -0.480 e. The molecule has 2 amide bonds. The van der Waals surface area contributed by atoms with Gasteiger partial charge in [0.25, 0.3) is 0 Å². The highest BCUT2D eigenvalue weighted by molar-refractivity contribution is 5.92. The Kier molecular flexibility index (Phi) is 7.14. The van der Waals surface area contributed by atoms with Crippen LogP contribution in [0, 0.1) is 0 Å². The van der Waals surface area contributed by atoms with Gasteiger partial charge < -0.3 is 20.5 Å². The third kappa shape index (κ3) is 6.42. The van der Waals surface area contributed by atoms with Gasteiger partial charge in [-0.25, -0.2) is 9.59 Å². The predicted octanol–water partition coefficient (Wildman–Crippen LogP) is 2.50. The van der Waals surface area contributed by atoms with Crippen molar-refractivity contribution < 1.29 is 24.2 Å². The van der Waals surface area contributed by atoms with Crippen molar-refractivity contribution in [2.24, 2.45) is 0 Å². The van der Waals surface area contributed by atoms with Crippen LogP contribution in [0.1, 0.15) is 25.0 Å². The second kappa shape index (κ2) is 9.55. The molecule has 0 fully saturated rings. The van der Waals surface area contributed by atoms with Crippen LogP contribution < -0.4 is 10.6 Å². The first-order valence-corrected chi connectivity index (χ1v) is 8.84. The van der Waals surface area contributed by atoms with Crippen molar-refractivity contribution in [2.45, 2.75) is 38.5 Å². The van der Waals surface area contributed by atoms with E-state index in [1.165, 1.54) is 13.8 Å². The molecule has 0 heterocycles. The number of carbonyl (C=O) groups is 3. The van der Waals surface area contributed by atoms with Gasteiger partial charge in [-0.05, 0) is 25.0 Å². The summed E-state index contributed by atoms with van der Waals surface area (Å²) in [4.78, 5) is 36.1. The summed E-state index contributed by atoms with van der Waals surface area (Å²) >= 11 is 0. The molecule has 2 aromatic rings. The van der Waals surface area contributed by atoms with E-state index in [4.69, 9.17) is 4.74 Å². The Morgan fingerprint density at radius 1 is 0.964 bits per heavy atom. The summed E-state index contributed by atoms with van der Waals surface area (Å²) < 4.78 is 5.12. The molecule has 28 heavy (non-hydrogen) atoms. The predicted molar refractivity (Wildman–Crippen MR) is 104 cm³/mol. The lowest BCUT2D eigenvalue weighted by molar-refractivity contribution is -0.142. The average molecular weight is 384 g/mol. The van der Waals surface area contributed by atoms with Crippen LogP contribution in [-0.4, -0.2) is 34.7 Å². The van der Waals surface area contributed by atoms with Gasteiger partial charge in [-0.2, -0.15) is 0 Å². The summed E-state index contributed by atoms with van der Waals surface area (Å²) in [7, 11) is 0. The number of carboxylic acids is 1. The maximum absolute atomic E-state index is 12.5. The molecule has 1 atom stereocenters. The topological polar surface area (TPSA) is 105 Å². The largest absolute Gasteiger partial charge is 0.480 e. The van der Waals surface area contributed by atoms with Crippen molar-refractivity contribution in [3.63, 3.8) is 0 Å². The van der Waals surface area contributed by atoms with E-state index in [1.807, 2.05) is 36.4 Å². The summed E-state index contributed by atoms with van der Waals surface area (Å²) in [6, 6.07) is 17.0. The second-order valence-corrected chi connectivity index (χ2v) is 6.87. The minimum absolute atomic E-state index is 0.0656. The Bertz CT molecular complexity index is 806. The molecule has 3 N–H and O–H groups in total. The van der Waals surface area contributed by atoms with Crippen molar-refractivity contribution in [2.75, 3.05) is 0 Å². The lowest BCUT2D eigenvalue weighted by Gasteiger charge is -2.26. The van der Waals surface area contributed by atoms with Gasteiger partial charge >= 0.3 is 12.1 Å². The van der Waals surface area contributed by atoms with Crippen molar-refractivity contribution in [3.05, 3.63) is 71.8 Å². The molecule has 0 saturated heterocycles. The van der Waals surface area contributed by atoms with Gasteiger partial charge in [0.2, 0.25) is 5.91 Å². The maximum Gasteiger partial charge on any atom is 0.408 e. The third-order valence-electron chi connectivity index (χ3n) is 4.08. The Hall–Kier alpha value is -3.35. The van der Waals surface area contributed by atoms with E-state index in [0.29, 0.717) is 0 Å². The molecule has 0 saturated carbocycles. The fourth-order valence-corrected chi connectivity index (χ4v) is 2.46. The Morgan fingerprint density at radius 3 is 2.04 bits per heavy atom. The van der Waals surface area contributed by atoms with Gasteiger partial charge in [-0.1, -0.05) is 60.7 Å². The zero-order valence-electron chi connectivity index (χ0n) is 15.8. The number of hydrogen-bond acceptors (Lipinski definition) is 4. The summed E-state index contributed by atoms with van der Waals surface area (Å²) in [6.07, 6.45) is -0.630. The third-order valence-corrected chi connectivity index (χ3v) is 4.08. The standard InChI is InChI=1S/C21H24N2O5/c1-21(2,23-20(27)28-14-16-11-7-4-8-12-16)19(26)22-17(18(24)25)13-15-9-5-3-6-10-15/h3-12,17H,13-14H2,1-2H3,(H,22,26)(H,23,27)(H,24,25)/t17-/m0/s1. The summed E-state index contributed by atoms with van der Waals surface area (Å²) in [5.41, 5.74) is 0.245. The molecule has 0 radical (unpaired) electrons. The van der Waals surface area contributed by atoms with Gasteiger partial charge in [0, 0.05) is 6.42 Å². The van der Waals surface area contributed by atoms with Crippen LogP contribution in [-0.2, 0) is 27.4 Å². The first kappa shape index (κ1) is 21.0. The molecule has 0 aliphatic carbocycles. The highest BCUT2D eigenvalue weighted by Gasteiger charge is 2.33. The van der Waals surface area contributed by atoms with Gasteiger partial charge in [0.1, 0.15) is 18.2 Å². The summed E-state index contributed by atoms with van der Waals surface area (Å²) in [6.45, 7) is 3.03. The number of hydrogen-bond donors (Lipinski definition) is 3. The van der Waals surface area contributed by atoms with Crippen molar-refractivity contribution in [1.29, 1.82) is 0 Å². The lowest BCUT2D eigenvalue weighted by Crippen LogP contribution is -2.58. The molecular weight excluding hydrogens is 360 g/mol. The van der Waals surface area contributed by atoms with Crippen molar-refractivity contribution in [1.82, 2.24) is 10.6 Å². The highest BCUT2D eigenvalue weighted by Crippen LogP contribution is 2.08. The second-order valence-electron chi connectivity index (χ2n) is 6.87. The number of aliphatic carboxylic acids is 1. The zero-order valence-corrected chi connectivity index (χ0v) is 15.8. The van der Waals surface area contributed by atoms with Crippen LogP contribution in [0.5, 0.6) is 0 Å². The van der Waals surface area contributed by atoms with Crippen LogP contribution in [0.2, 0.25) is 0 Å². The van der Waals surface area contributed by atoms with E-state index >= 15 is 0 Å². The number of amides is 2. The van der Waals surface area contributed by atoms with Crippen LogP contribution in [0.15, 0.2) is 60.7 Å². The summed E-state index contributed by atoms with van der Waals surface area (Å²) in [5.74, 6) is -1.77. The molecule has 0 unspecified atom stereocenters. The van der Waals surface area contributed by atoms with Crippen LogP contribution in [0.3, 0.4) is 0 Å². The molecule has 2 rings (SSSR count). The molecule has 0 aliphatic heterocycles. The first-order chi connectivity index (χ1) is 13.3. The molecule has 0 aromatic heterocycles. The number of carbonyl (C=O) groups excluding carboxylic acids is 2. The fourth-order valence-electron chi connectivity index (χ4n) is 2.46. The minimum atomic E-state index is -1.35. The molecule has 0 aliphatic rings. The van der Waals surface area contributed by atoms with Crippen molar-refractivity contribution in [3.8, 4) is 0 Å². The molecule has 0 bridgehead atoms. The lowest BCUT2D eigenvalue weighted by atomic mass is 10.0. The van der Waals surface area contributed by atoms with E-state index in [0.717, 1.165) is 11.1 Å².